The van der Waals surface area contributed by atoms with Gasteiger partial charge in [0.1, 0.15) is 0 Å². The van der Waals surface area contributed by atoms with Crippen LogP contribution in [-0.2, 0) is 18.0 Å². The number of methoxy groups -OCH3 is 3. The van der Waals surface area contributed by atoms with Crippen molar-refractivity contribution in [2.45, 2.75) is 13.2 Å². The van der Waals surface area contributed by atoms with Crippen molar-refractivity contribution in [1.82, 2.24) is 0 Å². The number of non-ortho nitro benzene ring substituents is 1. The van der Waals surface area contributed by atoms with E-state index in [0.29, 0.717) is 23.9 Å². The topological polar surface area (TPSA) is 80.1 Å². The maximum absolute atomic E-state index is 11.0. The van der Waals surface area contributed by atoms with E-state index >= 15 is 0 Å². The summed E-state index contributed by atoms with van der Waals surface area (Å²) < 4.78 is 22.1. The number of nitrogens with zero attached hydrogens (tertiary/aromatic N) is 1. The molecule has 0 amide bonds. The van der Waals surface area contributed by atoms with Gasteiger partial charge in [-0.25, -0.2) is 0 Å². The van der Waals surface area contributed by atoms with Crippen LogP contribution in [0.1, 0.15) is 11.1 Å². The lowest BCUT2D eigenvalue weighted by Gasteiger charge is -2.19. The van der Waals surface area contributed by atoms with Gasteiger partial charge in [-0.1, -0.05) is 0 Å². The molecule has 126 valence electrons. The highest BCUT2D eigenvalue weighted by atomic mass is 16.6. The van der Waals surface area contributed by atoms with Crippen LogP contribution in [0.4, 0.5) is 5.69 Å². The fraction of sp³-hybridized carbons (Fsp3) is 0.294. The van der Waals surface area contributed by atoms with Crippen molar-refractivity contribution in [3.05, 3.63) is 45.5 Å². The molecule has 0 N–H and O–H groups in total. The van der Waals surface area contributed by atoms with Crippen molar-refractivity contribution in [2.75, 3.05) is 21.3 Å². The van der Waals surface area contributed by atoms with Gasteiger partial charge in [0.25, 0.3) is 5.69 Å². The van der Waals surface area contributed by atoms with Gasteiger partial charge in [0, 0.05) is 17.7 Å². The number of ether oxygens (including phenoxy) is 4. The highest BCUT2D eigenvalue weighted by molar-refractivity contribution is 5.82. The van der Waals surface area contributed by atoms with Gasteiger partial charge < -0.3 is 18.9 Å². The molecule has 0 spiro atoms. The molecule has 2 aromatic carbocycles. The molecule has 0 saturated carbocycles. The monoisotopic (exact) mass is 331 g/mol. The highest BCUT2D eigenvalue weighted by Crippen LogP contribution is 2.49. The molecule has 1 aliphatic rings. The first-order valence-corrected chi connectivity index (χ1v) is 7.28. The molecular formula is C17H17NO6. The van der Waals surface area contributed by atoms with Crippen molar-refractivity contribution in [3.8, 4) is 28.4 Å². The molecule has 2 aromatic rings. The Hall–Kier alpha value is -2.80. The second-order valence-corrected chi connectivity index (χ2v) is 5.27. The third-order valence-electron chi connectivity index (χ3n) is 4.00. The molecule has 0 aromatic heterocycles. The highest BCUT2D eigenvalue weighted by Gasteiger charge is 2.26. The summed E-state index contributed by atoms with van der Waals surface area (Å²) in [6, 6.07) is 6.56. The number of benzene rings is 2. The van der Waals surface area contributed by atoms with E-state index < -0.39 is 4.92 Å². The van der Waals surface area contributed by atoms with Crippen molar-refractivity contribution < 1.29 is 23.9 Å². The molecule has 0 radical (unpaired) electrons. The van der Waals surface area contributed by atoms with Crippen LogP contribution in [0.2, 0.25) is 0 Å². The van der Waals surface area contributed by atoms with E-state index in [1.54, 1.807) is 20.3 Å². The van der Waals surface area contributed by atoms with E-state index in [1.807, 2.05) is 6.07 Å². The second kappa shape index (κ2) is 6.37. The summed E-state index contributed by atoms with van der Waals surface area (Å²) in [6.07, 6.45) is 0. The van der Waals surface area contributed by atoms with Crippen LogP contribution in [0.15, 0.2) is 24.3 Å². The van der Waals surface area contributed by atoms with Gasteiger partial charge in [-0.3, -0.25) is 10.1 Å². The predicted molar refractivity (Wildman–Crippen MR) is 86.7 cm³/mol. The fourth-order valence-electron chi connectivity index (χ4n) is 2.94. The van der Waals surface area contributed by atoms with Gasteiger partial charge in [0.05, 0.1) is 39.5 Å². The molecule has 0 bridgehead atoms. The lowest BCUT2D eigenvalue weighted by atomic mass is 9.94. The third-order valence-corrected chi connectivity index (χ3v) is 4.00. The molecule has 3 rings (SSSR count). The Labute approximate surface area is 138 Å². The van der Waals surface area contributed by atoms with Crippen molar-refractivity contribution in [2.24, 2.45) is 0 Å². The summed E-state index contributed by atoms with van der Waals surface area (Å²) in [7, 11) is 4.64. The average molecular weight is 331 g/mol. The van der Waals surface area contributed by atoms with Crippen molar-refractivity contribution >= 4 is 5.69 Å². The maximum atomic E-state index is 11.0. The van der Waals surface area contributed by atoms with Crippen LogP contribution >= 0.6 is 0 Å². The minimum Gasteiger partial charge on any atom is -0.493 e. The summed E-state index contributed by atoms with van der Waals surface area (Å²) in [5.41, 5.74) is 3.26. The zero-order valence-corrected chi connectivity index (χ0v) is 13.6. The Morgan fingerprint density at radius 2 is 1.71 bits per heavy atom. The van der Waals surface area contributed by atoms with Gasteiger partial charge in [-0.05, 0) is 28.8 Å². The Bertz CT molecular complexity index is 802. The molecular weight excluding hydrogens is 314 g/mol. The first-order valence-electron chi connectivity index (χ1n) is 7.28. The van der Waals surface area contributed by atoms with E-state index in [0.717, 1.165) is 22.3 Å². The molecule has 0 atom stereocenters. The molecule has 7 heteroatoms. The average Bonchev–Trinajstić information content (AvgIpc) is 2.78. The Kier molecular flexibility index (Phi) is 4.26. The maximum Gasteiger partial charge on any atom is 0.269 e. The normalized spacial score (nSPS) is 12.6. The summed E-state index contributed by atoms with van der Waals surface area (Å²) in [5.74, 6) is 1.54. The first-order chi connectivity index (χ1) is 11.6. The smallest absolute Gasteiger partial charge is 0.269 e. The van der Waals surface area contributed by atoms with Gasteiger partial charge in [-0.15, -0.1) is 0 Å². The summed E-state index contributed by atoms with van der Waals surface area (Å²) in [6.45, 7) is 0.619. The zero-order valence-electron chi connectivity index (χ0n) is 13.6. The number of nitro benzene ring substituents is 1. The summed E-state index contributed by atoms with van der Waals surface area (Å²) >= 11 is 0. The molecule has 1 heterocycles. The van der Waals surface area contributed by atoms with Gasteiger partial charge in [0.15, 0.2) is 11.5 Å². The van der Waals surface area contributed by atoms with Crippen LogP contribution in [-0.4, -0.2) is 26.3 Å². The number of fused-ring (bicyclic) bond motifs is 3. The number of hydrogen-bond acceptors (Lipinski definition) is 6. The predicted octanol–water partition coefficient (Wildman–Crippen LogP) is 3.32. The van der Waals surface area contributed by atoms with Crippen LogP contribution in [0.25, 0.3) is 11.1 Å². The molecule has 1 aliphatic heterocycles. The second-order valence-electron chi connectivity index (χ2n) is 5.27. The zero-order chi connectivity index (χ0) is 17.3. The SMILES string of the molecule is COc1cc2c(c(OC)c1OC)-c1ccc([N+](=O)[O-])cc1COC2. The van der Waals surface area contributed by atoms with Crippen LogP contribution in [0, 0.1) is 10.1 Å². The molecule has 0 unspecified atom stereocenters. The number of hydrogen-bond donors (Lipinski definition) is 0. The first kappa shape index (κ1) is 16.1. The van der Waals surface area contributed by atoms with Crippen molar-refractivity contribution in [3.63, 3.8) is 0 Å². The van der Waals surface area contributed by atoms with Crippen LogP contribution in [0.5, 0.6) is 17.2 Å². The number of rotatable bonds is 4. The van der Waals surface area contributed by atoms with Crippen LogP contribution < -0.4 is 14.2 Å². The Morgan fingerprint density at radius 3 is 2.33 bits per heavy atom. The lowest BCUT2D eigenvalue weighted by molar-refractivity contribution is -0.384. The molecule has 0 fully saturated rings. The Balaban J connectivity index is 2.30. The minimum absolute atomic E-state index is 0.0280. The van der Waals surface area contributed by atoms with Crippen LogP contribution in [0.3, 0.4) is 0 Å². The summed E-state index contributed by atoms with van der Waals surface area (Å²) in [5, 5.41) is 11.0. The van der Waals surface area contributed by atoms with Gasteiger partial charge in [0.2, 0.25) is 5.75 Å². The Morgan fingerprint density at radius 1 is 1.00 bits per heavy atom. The molecule has 7 nitrogen and oxygen atoms in total. The standard InChI is InChI=1S/C17H17NO6/c1-21-14-7-11-9-24-8-10-6-12(18(19)20)4-5-13(10)15(11)17(23-3)16(14)22-2/h4-7H,8-9H2,1-3H3. The van der Waals surface area contributed by atoms with E-state index in [-0.39, 0.29) is 12.3 Å². The van der Waals surface area contributed by atoms with E-state index in [4.69, 9.17) is 18.9 Å². The summed E-state index contributed by atoms with van der Waals surface area (Å²) in [4.78, 5) is 10.6. The molecule has 24 heavy (non-hydrogen) atoms. The molecule has 0 aliphatic carbocycles. The quantitative estimate of drug-likeness (QED) is 0.631. The van der Waals surface area contributed by atoms with E-state index in [2.05, 4.69) is 0 Å². The van der Waals surface area contributed by atoms with Crippen molar-refractivity contribution in [1.29, 1.82) is 0 Å². The van der Waals surface area contributed by atoms with Gasteiger partial charge >= 0.3 is 0 Å². The minimum atomic E-state index is -0.419. The third kappa shape index (κ3) is 2.52. The lowest BCUT2D eigenvalue weighted by Crippen LogP contribution is -2.01. The van der Waals surface area contributed by atoms with Gasteiger partial charge in [-0.2, -0.15) is 0 Å². The van der Waals surface area contributed by atoms with E-state index in [1.165, 1.54) is 19.2 Å². The number of nitro groups is 1. The fourth-order valence-corrected chi connectivity index (χ4v) is 2.94. The van der Waals surface area contributed by atoms with E-state index in [9.17, 15) is 10.1 Å². The molecule has 0 saturated heterocycles. The largest absolute Gasteiger partial charge is 0.493 e.